The number of hydrogen-bond donors (Lipinski definition) is 1. The van der Waals surface area contributed by atoms with Gasteiger partial charge in [-0.05, 0) is 78.6 Å². The number of halogens is 1. The quantitative estimate of drug-likeness (QED) is 0.730. The van der Waals surface area contributed by atoms with Crippen molar-refractivity contribution >= 4 is 5.78 Å². The average molecular weight is 316 g/mol. The molecule has 4 aliphatic rings. The summed E-state index contributed by atoms with van der Waals surface area (Å²) in [6, 6.07) is 0. The van der Waals surface area contributed by atoms with Crippen molar-refractivity contribution in [2.24, 2.45) is 28.6 Å². The van der Waals surface area contributed by atoms with Gasteiger partial charge in [-0.15, -0.1) is 0 Å². The number of allylic oxidation sites excluding steroid dienone is 5. The lowest BCUT2D eigenvalue weighted by atomic mass is 9.47. The Balaban J connectivity index is 1.79. The van der Waals surface area contributed by atoms with E-state index in [1.807, 2.05) is 6.08 Å². The largest absolute Gasteiger partial charge is 0.393 e. The van der Waals surface area contributed by atoms with Crippen molar-refractivity contribution in [2.75, 3.05) is 0 Å². The number of carbonyl (C=O) groups is 1. The van der Waals surface area contributed by atoms with Crippen molar-refractivity contribution in [3.8, 4) is 0 Å². The van der Waals surface area contributed by atoms with E-state index in [2.05, 4.69) is 13.8 Å². The SMILES string of the molecule is C[C@]12CC[C@H]3[C@@H](CC(=CF)C4=CC(=O)C=C[C@@]43C)[C@@H]1CC[C@@H]2O. The van der Waals surface area contributed by atoms with E-state index in [0.29, 0.717) is 36.1 Å². The second-order valence-electron chi connectivity index (χ2n) is 8.43. The van der Waals surface area contributed by atoms with E-state index in [1.54, 1.807) is 12.2 Å². The molecule has 3 heteroatoms. The van der Waals surface area contributed by atoms with Gasteiger partial charge in [0, 0.05) is 5.41 Å². The fraction of sp³-hybridized carbons (Fsp3) is 0.650. The average Bonchev–Trinajstić information content (AvgIpc) is 2.83. The smallest absolute Gasteiger partial charge is 0.178 e. The van der Waals surface area contributed by atoms with Crippen LogP contribution in [0.25, 0.3) is 0 Å². The minimum Gasteiger partial charge on any atom is -0.393 e. The van der Waals surface area contributed by atoms with E-state index in [0.717, 1.165) is 31.3 Å². The molecule has 0 heterocycles. The Morgan fingerprint density at radius 2 is 2.04 bits per heavy atom. The molecule has 0 bridgehead atoms. The minimum atomic E-state index is -0.246. The Labute approximate surface area is 137 Å². The molecule has 6 atom stereocenters. The normalized spacial score (nSPS) is 50.3. The summed E-state index contributed by atoms with van der Waals surface area (Å²) in [7, 11) is 0. The van der Waals surface area contributed by atoms with E-state index in [-0.39, 0.29) is 22.7 Å². The highest BCUT2D eigenvalue weighted by molar-refractivity contribution is 6.01. The van der Waals surface area contributed by atoms with Gasteiger partial charge in [0.05, 0.1) is 12.4 Å². The maximum absolute atomic E-state index is 13.6. The Hall–Kier alpha value is -1.22. The van der Waals surface area contributed by atoms with Crippen LogP contribution < -0.4 is 0 Å². The number of carbonyl (C=O) groups excluding carboxylic acids is 1. The molecule has 4 rings (SSSR count). The molecule has 1 N–H and O–H groups in total. The fourth-order valence-corrected chi connectivity index (χ4v) is 6.21. The molecule has 0 aliphatic heterocycles. The monoisotopic (exact) mass is 316 g/mol. The van der Waals surface area contributed by atoms with Crippen molar-refractivity contribution in [1.29, 1.82) is 0 Å². The summed E-state index contributed by atoms with van der Waals surface area (Å²) < 4.78 is 13.6. The highest BCUT2D eigenvalue weighted by Gasteiger charge is 2.59. The van der Waals surface area contributed by atoms with E-state index < -0.39 is 0 Å². The standard InChI is InChI=1S/C20H25FO2/c1-19-7-5-13(22)10-17(19)12(11-21)9-14-15-3-4-18(23)20(15,2)8-6-16(14)19/h5,7,10-11,14-16,18,23H,3-4,6,8-9H2,1-2H3/t14-,15-,16-,18-,19+,20-/m0/s1. The van der Waals surface area contributed by atoms with Gasteiger partial charge >= 0.3 is 0 Å². The topological polar surface area (TPSA) is 37.3 Å². The van der Waals surface area contributed by atoms with Crippen molar-refractivity contribution in [1.82, 2.24) is 0 Å². The number of aliphatic hydroxyl groups excluding tert-OH is 1. The lowest BCUT2D eigenvalue weighted by molar-refractivity contribution is -0.111. The van der Waals surface area contributed by atoms with Crippen molar-refractivity contribution in [3.05, 3.63) is 35.7 Å². The van der Waals surface area contributed by atoms with Crippen LogP contribution in [0, 0.1) is 28.6 Å². The van der Waals surface area contributed by atoms with E-state index in [4.69, 9.17) is 0 Å². The molecule has 124 valence electrons. The van der Waals surface area contributed by atoms with Crippen LogP contribution in [0.3, 0.4) is 0 Å². The second-order valence-corrected chi connectivity index (χ2v) is 8.43. The Morgan fingerprint density at radius 1 is 1.26 bits per heavy atom. The van der Waals surface area contributed by atoms with E-state index >= 15 is 0 Å². The number of ketones is 1. The number of hydrogen-bond acceptors (Lipinski definition) is 2. The lowest BCUT2D eigenvalue weighted by Crippen LogP contribution is -2.50. The Kier molecular flexibility index (Phi) is 3.26. The molecular weight excluding hydrogens is 291 g/mol. The van der Waals surface area contributed by atoms with Gasteiger partial charge in [-0.25, -0.2) is 4.39 Å². The molecule has 2 nitrogen and oxygen atoms in total. The predicted molar refractivity (Wildman–Crippen MR) is 87.2 cm³/mol. The molecule has 3 saturated carbocycles. The number of rotatable bonds is 0. The van der Waals surface area contributed by atoms with E-state index in [9.17, 15) is 14.3 Å². The minimum absolute atomic E-state index is 0.0195. The molecule has 23 heavy (non-hydrogen) atoms. The molecule has 0 aromatic heterocycles. The highest BCUT2D eigenvalue weighted by atomic mass is 19.1. The zero-order chi connectivity index (χ0) is 16.4. The highest BCUT2D eigenvalue weighted by Crippen LogP contribution is 2.65. The van der Waals surface area contributed by atoms with Crippen LogP contribution in [0.2, 0.25) is 0 Å². The van der Waals surface area contributed by atoms with Gasteiger partial charge in [0.25, 0.3) is 0 Å². The second kappa shape index (κ2) is 4.89. The first-order valence-electron chi connectivity index (χ1n) is 8.83. The molecule has 0 spiro atoms. The third kappa shape index (κ3) is 1.92. The molecule has 0 radical (unpaired) electrons. The Bertz CT molecular complexity index is 646. The lowest BCUT2D eigenvalue weighted by Gasteiger charge is -2.56. The molecule has 0 amide bonds. The summed E-state index contributed by atoms with van der Waals surface area (Å²) >= 11 is 0. The van der Waals surface area contributed by atoms with Gasteiger partial charge in [-0.2, -0.15) is 0 Å². The summed E-state index contributed by atoms with van der Waals surface area (Å²) in [6.45, 7) is 4.38. The number of fused-ring (bicyclic) bond motifs is 5. The third-order valence-electron chi connectivity index (χ3n) is 7.55. The fourth-order valence-electron chi connectivity index (χ4n) is 6.21. The molecule has 3 fully saturated rings. The zero-order valence-electron chi connectivity index (χ0n) is 13.9. The first-order chi connectivity index (χ1) is 10.9. The maximum Gasteiger partial charge on any atom is 0.178 e. The zero-order valence-corrected chi connectivity index (χ0v) is 13.9. The Morgan fingerprint density at radius 3 is 2.78 bits per heavy atom. The van der Waals surface area contributed by atoms with Gasteiger partial charge in [0.2, 0.25) is 0 Å². The summed E-state index contributed by atoms with van der Waals surface area (Å²) in [6.07, 6.45) is 10.5. The van der Waals surface area contributed by atoms with Crippen molar-refractivity contribution in [3.63, 3.8) is 0 Å². The van der Waals surface area contributed by atoms with Gasteiger partial charge in [0.1, 0.15) is 0 Å². The summed E-state index contributed by atoms with van der Waals surface area (Å²) in [5.41, 5.74) is 1.31. The maximum atomic E-state index is 13.6. The molecule has 0 aromatic rings. The molecule has 0 saturated heterocycles. The van der Waals surface area contributed by atoms with Crippen LogP contribution >= 0.6 is 0 Å². The third-order valence-corrected chi connectivity index (χ3v) is 7.55. The van der Waals surface area contributed by atoms with Gasteiger partial charge in [-0.1, -0.05) is 19.9 Å². The summed E-state index contributed by atoms with van der Waals surface area (Å²) in [5.74, 6) is 1.25. The van der Waals surface area contributed by atoms with Crippen LogP contribution in [0.4, 0.5) is 4.39 Å². The van der Waals surface area contributed by atoms with Crippen LogP contribution in [-0.4, -0.2) is 17.0 Å². The van der Waals surface area contributed by atoms with Gasteiger partial charge in [0.15, 0.2) is 5.78 Å². The molecule has 4 aliphatic carbocycles. The molecule has 0 unspecified atom stereocenters. The molecular formula is C20H25FO2. The van der Waals surface area contributed by atoms with Crippen molar-refractivity contribution < 1.29 is 14.3 Å². The summed E-state index contributed by atoms with van der Waals surface area (Å²) in [5, 5.41) is 10.5. The van der Waals surface area contributed by atoms with E-state index in [1.165, 1.54) is 0 Å². The molecule has 0 aromatic carbocycles. The number of aliphatic hydroxyl groups is 1. The first-order valence-corrected chi connectivity index (χ1v) is 8.83. The van der Waals surface area contributed by atoms with Crippen LogP contribution in [-0.2, 0) is 4.79 Å². The van der Waals surface area contributed by atoms with Crippen LogP contribution in [0.5, 0.6) is 0 Å². The van der Waals surface area contributed by atoms with Gasteiger partial charge in [-0.3, -0.25) is 4.79 Å². The summed E-state index contributed by atoms with van der Waals surface area (Å²) in [4.78, 5) is 11.8. The first kappa shape index (κ1) is 15.3. The predicted octanol–water partition coefficient (Wildman–Crippen LogP) is 4.12. The van der Waals surface area contributed by atoms with Crippen molar-refractivity contribution in [2.45, 2.75) is 52.1 Å². The van der Waals surface area contributed by atoms with Crippen LogP contribution in [0.1, 0.15) is 46.0 Å². The van der Waals surface area contributed by atoms with Crippen LogP contribution in [0.15, 0.2) is 35.7 Å². The van der Waals surface area contributed by atoms with Gasteiger partial charge < -0.3 is 5.11 Å².